The van der Waals surface area contributed by atoms with Gasteiger partial charge in [0, 0.05) is 20.3 Å². The molecule has 0 atom stereocenters. The summed E-state index contributed by atoms with van der Waals surface area (Å²) < 4.78 is 5.04. The van der Waals surface area contributed by atoms with Crippen molar-refractivity contribution in [2.24, 2.45) is 5.92 Å². The minimum absolute atomic E-state index is 0.237. The Kier molecular flexibility index (Phi) is 7.68. The van der Waals surface area contributed by atoms with E-state index < -0.39 is 5.09 Å². The summed E-state index contributed by atoms with van der Waals surface area (Å²) in [6.45, 7) is 4.47. The van der Waals surface area contributed by atoms with Crippen molar-refractivity contribution in [1.82, 2.24) is 4.90 Å². The van der Waals surface area contributed by atoms with Crippen molar-refractivity contribution in [3.05, 3.63) is 10.1 Å². The maximum atomic E-state index is 9.99. The van der Waals surface area contributed by atoms with Gasteiger partial charge in [-0.05, 0) is 51.1 Å². The average Bonchev–Trinajstić information content (AvgIpc) is 2.36. The molecule has 18 heavy (non-hydrogen) atoms. The lowest BCUT2D eigenvalue weighted by Gasteiger charge is -2.31. The van der Waals surface area contributed by atoms with Crippen LogP contribution >= 0.6 is 0 Å². The summed E-state index contributed by atoms with van der Waals surface area (Å²) in [4.78, 5) is 16.8. The summed E-state index contributed by atoms with van der Waals surface area (Å²) in [5.41, 5.74) is 0. The first-order valence-electron chi connectivity index (χ1n) is 6.71. The highest BCUT2D eigenvalue weighted by Crippen LogP contribution is 2.21. The fraction of sp³-hybridized carbons (Fsp3) is 1.00. The fourth-order valence-electron chi connectivity index (χ4n) is 2.44. The lowest BCUT2D eigenvalue weighted by atomic mass is 9.92. The molecule has 0 amide bonds. The van der Waals surface area contributed by atoms with Crippen molar-refractivity contribution in [3.63, 3.8) is 0 Å². The third-order valence-electron chi connectivity index (χ3n) is 3.48. The van der Waals surface area contributed by atoms with Crippen LogP contribution in [0.3, 0.4) is 0 Å². The zero-order chi connectivity index (χ0) is 13.2. The first-order valence-corrected chi connectivity index (χ1v) is 6.71. The van der Waals surface area contributed by atoms with Crippen LogP contribution in [0, 0.1) is 16.0 Å². The normalized spacial score (nSPS) is 17.8. The number of hydrogen-bond acceptors (Lipinski definition) is 5. The van der Waals surface area contributed by atoms with Crippen LogP contribution < -0.4 is 0 Å². The van der Waals surface area contributed by atoms with E-state index in [1.165, 1.54) is 12.8 Å². The molecular formula is C12H24N2O4. The molecule has 0 spiro atoms. The van der Waals surface area contributed by atoms with Crippen molar-refractivity contribution >= 4 is 0 Å². The van der Waals surface area contributed by atoms with E-state index in [-0.39, 0.29) is 6.61 Å². The van der Waals surface area contributed by atoms with Crippen LogP contribution in [-0.4, -0.2) is 49.9 Å². The van der Waals surface area contributed by atoms with Gasteiger partial charge in [-0.25, -0.2) is 0 Å². The molecule has 0 bridgehead atoms. The number of hydrogen-bond donors (Lipinski definition) is 0. The molecule has 0 saturated carbocycles. The topological polar surface area (TPSA) is 64.8 Å². The van der Waals surface area contributed by atoms with Crippen molar-refractivity contribution in [2.75, 3.05) is 40.0 Å². The predicted octanol–water partition coefficient (Wildman–Crippen LogP) is 1.72. The third kappa shape index (κ3) is 6.76. The highest BCUT2D eigenvalue weighted by Gasteiger charge is 2.18. The molecule has 6 nitrogen and oxygen atoms in total. The Bertz CT molecular complexity index is 230. The van der Waals surface area contributed by atoms with Crippen LogP contribution in [0.4, 0.5) is 0 Å². The Balaban J connectivity index is 1.99. The van der Waals surface area contributed by atoms with Gasteiger partial charge in [0.05, 0.1) is 6.61 Å². The monoisotopic (exact) mass is 260 g/mol. The smallest absolute Gasteiger partial charge is 0.294 e. The SMILES string of the molecule is COCCCN1CCC(CCCO[N+](=O)[O-])CC1. The van der Waals surface area contributed by atoms with Gasteiger partial charge in [-0.2, -0.15) is 0 Å². The van der Waals surface area contributed by atoms with Crippen molar-refractivity contribution in [2.45, 2.75) is 32.1 Å². The summed E-state index contributed by atoms with van der Waals surface area (Å²) in [5.74, 6) is 0.707. The van der Waals surface area contributed by atoms with Crippen LogP contribution in [-0.2, 0) is 9.57 Å². The molecule has 1 heterocycles. The molecule has 1 rings (SSSR count). The molecule has 1 fully saturated rings. The van der Waals surface area contributed by atoms with Gasteiger partial charge in [0.15, 0.2) is 0 Å². The van der Waals surface area contributed by atoms with Gasteiger partial charge in [-0.15, -0.1) is 10.1 Å². The largest absolute Gasteiger partial charge is 0.385 e. The quantitative estimate of drug-likeness (QED) is 0.359. The second-order valence-corrected chi connectivity index (χ2v) is 4.83. The lowest BCUT2D eigenvalue weighted by molar-refractivity contribution is -0.757. The first-order chi connectivity index (χ1) is 8.72. The van der Waals surface area contributed by atoms with E-state index in [2.05, 4.69) is 9.74 Å². The maximum Gasteiger partial charge on any atom is 0.294 e. The Labute approximate surface area is 108 Å². The van der Waals surface area contributed by atoms with E-state index >= 15 is 0 Å². The Morgan fingerprint density at radius 1 is 1.28 bits per heavy atom. The highest BCUT2D eigenvalue weighted by molar-refractivity contribution is 4.72. The molecule has 0 aliphatic carbocycles. The van der Waals surface area contributed by atoms with Gasteiger partial charge < -0.3 is 14.5 Å². The number of nitrogens with zero attached hydrogens (tertiary/aromatic N) is 2. The number of rotatable bonds is 9. The van der Waals surface area contributed by atoms with Gasteiger partial charge in [0.25, 0.3) is 5.09 Å². The van der Waals surface area contributed by atoms with Crippen LogP contribution in [0.15, 0.2) is 0 Å². The van der Waals surface area contributed by atoms with Crippen molar-refractivity contribution in [3.8, 4) is 0 Å². The molecule has 0 radical (unpaired) electrons. The minimum Gasteiger partial charge on any atom is -0.385 e. The summed E-state index contributed by atoms with van der Waals surface area (Å²) >= 11 is 0. The number of piperidine rings is 1. The molecule has 106 valence electrons. The molecule has 0 aromatic rings. The zero-order valence-electron chi connectivity index (χ0n) is 11.2. The molecule has 0 aromatic carbocycles. The molecule has 0 unspecified atom stereocenters. The molecule has 6 heteroatoms. The average molecular weight is 260 g/mol. The first kappa shape index (κ1) is 15.2. The van der Waals surface area contributed by atoms with Gasteiger partial charge in [-0.1, -0.05) is 0 Å². The van der Waals surface area contributed by atoms with E-state index in [0.29, 0.717) is 5.92 Å². The van der Waals surface area contributed by atoms with E-state index in [1.54, 1.807) is 7.11 Å². The van der Waals surface area contributed by atoms with Gasteiger partial charge in [-0.3, -0.25) is 0 Å². The van der Waals surface area contributed by atoms with E-state index in [4.69, 9.17) is 4.74 Å². The summed E-state index contributed by atoms with van der Waals surface area (Å²) in [7, 11) is 1.74. The zero-order valence-corrected chi connectivity index (χ0v) is 11.2. The number of likely N-dealkylation sites (tertiary alicyclic amines) is 1. The molecule has 0 aromatic heterocycles. The Hall–Kier alpha value is -0.880. The molecular weight excluding hydrogens is 236 g/mol. The summed E-state index contributed by atoms with van der Waals surface area (Å²) in [5, 5.41) is 9.28. The van der Waals surface area contributed by atoms with Crippen LogP contribution in [0.5, 0.6) is 0 Å². The van der Waals surface area contributed by atoms with E-state index in [0.717, 1.165) is 45.5 Å². The van der Waals surface area contributed by atoms with E-state index in [1.807, 2.05) is 0 Å². The van der Waals surface area contributed by atoms with Crippen LogP contribution in [0.1, 0.15) is 32.1 Å². The fourth-order valence-corrected chi connectivity index (χ4v) is 2.44. The predicted molar refractivity (Wildman–Crippen MR) is 67.8 cm³/mol. The Morgan fingerprint density at radius 3 is 2.61 bits per heavy atom. The lowest BCUT2D eigenvalue weighted by Crippen LogP contribution is -2.34. The summed E-state index contributed by atoms with van der Waals surface area (Å²) in [6.07, 6.45) is 5.32. The standard InChI is InChI=1S/C12H24N2O4/c1-17-10-3-7-13-8-5-12(6-9-13)4-2-11-18-14(15)16/h12H,2-11H2,1H3. The molecule has 1 aliphatic rings. The van der Waals surface area contributed by atoms with E-state index in [9.17, 15) is 10.1 Å². The minimum atomic E-state index is -0.710. The number of methoxy groups -OCH3 is 1. The van der Waals surface area contributed by atoms with Gasteiger partial charge >= 0.3 is 0 Å². The van der Waals surface area contributed by atoms with Crippen LogP contribution in [0.25, 0.3) is 0 Å². The van der Waals surface area contributed by atoms with Crippen LogP contribution in [0.2, 0.25) is 0 Å². The number of ether oxygens (including phenoxy) is 1. The van der Waals surface area contributed by atoms with Crippen molar-refractivity contribution < 1.29 is 14.7 Å². The van der Waals surface area contributed by atoms with Crippen molar-refractivity contribution in [1.29, 1.82) is 0 Å². The van der Waals surface area contributed by atoms with Gasteiger partial charge in [0.1, 0.15) is 0 Å². The molecule has 0 N–H and O–H groups in total. The van der Waals surface area contributed by atoms with Gasteiger partial charge in [0.2, 0.25) is 0 Å². The second-order valence-electron chi connectivity index (χ2n) is 4.83. The Morgan fingerprint density at radius 2 is 2.00 bits per heavy atom. The molecule has 1 aliphatic heterocycles. The maximum absolute atomic E-state index is 9.99. The molecule has 1 saturated heterocycles. The third-order valence-corrected chi connectivity index (χ3v) is 3.48. The highest BCUT2D eigenvalue weighted by atomic mass is 16.9. The second kappa shape index (κ2) is 9.10. The summed E-state index contributed by atoms with van der Waals surface area (Å²) in [6, 6.07) is 0.